The fourth-order valence-electron chi connectivity index (χ4n) is 1.67. The van der Waals surface area contributed by atoms with Gasteiger partial charge in [-0.05, 0) is 17.7 Å². The zero-order valence-electron chi connectivity index (χ0n) is 13.1. The maximum atomic E-state index is 11.7. The van der Waals surface area contributed by atoms with Gasteiger partial charge in [-0.15, -0.1) is 0 Å². The predicted octanol–water partition coefficient (Wildman–Crippen LogP) is 3.02. The molecule has 0 amide bonds. The number of hydrogen-bond donors (Lipinski definition) is 1. The van der Waals surface area contributed by atoms with Gasteiger partial charge in [0.1, 0.15) is 5.75 Å². The Balaban J connectivity index is 2.26. The second-order valence-corrected chi connectivity index (χ2v) is 7.69. The largest absolute Gasteiger partial charge is 0.497 e. The molecule has 0 aliphatic heterocycles. The Hall–Kier alpha value is -1.04. The Kier molecular flexibility index (Phi) is 7.22. The van der Waals surface area contributed by atoms with Gasteiger partial charge in [-0.25, -0.2) is 0 Å². The van der Waals surface area contributed by atoms with E-state index < -0.39 is 6.10 Å². The Labute approximate surface area is 130 Å². The van der Waals surface area contributed by atoms with Crippen LogP contribution in [0.5, 0.6) is 5.75 Å². The smallest absolute Gasteiger partial charge is 0.192 e. The number of rotatable bonds is 7. The van der Waals surface area contributed by atoms with Crippen molar-refractivity contribution in [3.8, 4) is 5.75 Å². The summed E-state index contributed by atoms with van der Waals surface area (Å²) in [6.07, 6.45) is -0.643. The zero-order chi connectivity index (χ0) is 15.9. The van der Waals surface area contributed by atoms with Crippen molar-refractivity contribution < 1.29 is 19.4 Å². The molecule has 21 heavy (non-hydrogen) atoms. The van der Waals surface area contributed by atoms with Gasteiger partial charge in [-0.2, -0.15) is 0 Å². The summed E-state index contributed by atoms with van der Waals surface area (Å²) >= 11 is 1.25. The molecule has 0 fully saturated rings. The molecule has 0 saturated heterocycles. The molecule has 4 nitrogen and oxygen atoms in total. The normalized spacial score (nSPS) is 13.0. The van der Waals surface area contributed by atoms with Crippen molar-refractivity contribution in [2.75, 3.05) is 13.7 Å². The summed E-state index contributed by atoms with van der Waals surface area (Å²) in [4.78, 5) is 11.7. The van der Waals surface area contributed by atoms with E-state index >= 15 is 0 Å². The molecular weight excluding hydrogens is 288 g/mol. The molecule has 0 radical (unpaired) electrons. The molecule has 0 bridgehead atoms. The van der Waals surface area contributed by atoms with Crippen LogP contribution in [0.2, 0.25) is 0 Å². The SMILES string of the molecule is COc1ccc(COC[C@@H](O)CC(=O)SC(C)(C)C)cc1. The molecule has 1 atom stereocenters. The molecule has 118 valence electrons. The van der Waals surface area contributed by atoms with E-state index in [2.05, 4.69) is 0 Å². The van der Waals surface area contributed by atoms with Crippen molar-refractivity contribution in [2.24, 2.45) is 0 Å². The van der Waals surface area contributed by atoms with Gasteiger partial charge < -0.3 is 14.6 Å². The van der Waals surface area contributed by atoms with Gasteiger partial charge in [-0.3, -0.25) is 4.79 Å². The highest BCUT2D eigenvalue weighted by Crippen LogP contribution is 2.25. The lowest BCUT2D eigenvalue weighted by atomic mass is 10.2. The summed E-state index contributed by atoms with van der Waals surface area (Å²) < 4.78 is 10.4. The van der Waals surface area contributed by atoms with Crippen molar-refractivity contribution in [2.45, 2.75) is 44.6 Å². The molecule has 0 aliphatic rings. The number of methoxy groups -OCH3 is 1. The Morgan fingerprint density at radius 1 is 1.29 bits per heavy atom. The average molecular weight is 312 g/mol. The maximum absolute atomic E-state index is 11.7. The van der Waals surface area contributed by atoms with Crippen LogP contribution in [-0.4, -0.2) is 34.8 Å². The minimum atomic E-state index is -0.759. The van der Waals surface area contributed by atoms with Crippen LogP contribution < -0.4 is 4.74 Å². The van der Waals surface area contributed by atoms with Crippen molar-refractivity contribution >= 4 is 16.9 Å². The molecule has 1 aromatic rings. The van der Waals surface area contributed by atoms with Crippen LogP contribution in [0.15, 0.2) is 24.3 Å². The van der Waals surface area contributed by atoms with E-state index in [9.17, 15) is 9.90 Å². The van der Waals surface area contributed by atoms with Crippen molar-refractivity contribution in [1.29, 1.82) is 0 Å². The molecule has 1 N–H and O–H groups in total. The highest BCUT2D eigenvalue weighted by Gasteiger charge is 2.19. The third kappa shape index (κ3) is 8.09. The minimum absolute atomic E-state index is 0.0111. The van der Waals surface area contributed by atoms with Gasteiger partial charge in [-0.1, -0.05) is 44.7 Å². The van der Waals surface area contributed by atoms with Crippen molar-refractivity contribution in [3.05, 3.63) is 29.8 Å². The van der Waals surface area contributed by atoms with E-state index in [0.29, 0.717) is 6.61 Å². The number of thioether (sulfide) groups is 1. The van der Waals surface area contributed by atoms with E-state index in [1.807, 2.05) is 45.0 Å². The van der Waals surface area contributed by atoms with Crippen LogP contribution >= 0.6 is 11.8 Å². The van der Waals surface area contributed by atoms with E-state index in [4.69, 9.17) is 9.47 Å². The lowest BCUT2D eigenvalue weighted by Gasteiger charge is -2.17. The number of carbonyl (C=O) groups excluding carboxylic acids is 1. The lowest BCUT2D eigenvalue weighted by molar-refractivity contribution is -0.113. The minimum Gasteiger partial charge on any atom is -0.497 e. The number of carbonyl (C=O) groups is 1. The standard InChI is InChI=1S/C16H24O4S/c1-16(2,3)21-15(18)9-13(17)11-20-10-12-5-7-14(19-4)8-6-12/h5-8,13,17H,9-11H2,1-4H3/t13-/m0/s1. The molecule has 0 aliphatic carbocycles. The summed E-state index contributed by atoms with van der Waals surface area (Å²) in [5.74, 6) is 0.795. The number of ether oxygens (including phenoxy) is 2. The Morgan fingerprint density at radius 3 is 2.43 bits per heavy atom. The Bertz CT molecular complexity index is 437. The van der Waals surface area contributed by atoms with Gasteiger partial charge in [0, 0.05) is 11.2 Å². The topological polar surface area (TPSA) is 55.8 Å². The molecular formula is C16H24O4S. The van der Waals surface area contributed by atoms with Crippen molar-refractivity contribution in [1.82, 2.24) is 0 Å². The molecule has 1 rings (SSSR count). The summed E-state index contributed by atoms with van der Waals surface area (Å²) in [6, 6.07) is 7.54. The van der Waals surface area contributed by atoms with E-state index in [0.717, 1.165) is 11.3 Å². The third-order valence-corrected chi connectivity index (χ3v) is 3.57. The maximum Gasteiger partial charge on any atom is 0.192 e. The first-order valence-electron chi connectivity index (χ1n) is 6.91. The predicted molar refractivity (Wildman–Crippen MR) is 85.6 cm³/mol. The highest BCUT2D eigenvalue weighted by molar-refractivity contribution is 8.14. The lowest BCUT2D eigenvalue weighted by Crippen LogP contribution is -2.21. The molecule has 0 saturated carbocycles. The van der Waals surface area contributed by atoms with E-state index in [1.54, 1.807) is 7.11 Å². The number of aliphatic hydroxyl groups excluding tert-OH is 1. The molecule has 5 heteroatoms. The van der Waals surface area contributed by atoms with E-state index in [1.165, 1.54) is 11.8 Å². The fraction of sp³-hybridized carbons (Fsp3) is 0.562. The second-order valence-electron chi connectivity index (χ2n) is 5.81. The van der Waals surface area contributed by atoms with Crippen LogP contribution in [0.25, 0.3) is 0 Å². The second kappa shape index (κ2) is 8.41. The van der Waals surface area contributed by atoms with Gasteiger partial charge in [0.05, 0.1) is 26.4 Å². The number of benzene rings is 1. The Morgan fingerprint density at radius 2 is 1.90 bits per heavy atom. The first-order valence-corrected chi connectivity index (χ1v) is 7.72. The number of hydrogen-bond acceptors (Lipinski definition) is 5. The van der Waals surface area contributed by atoms with Gasteiger partial charge in [0.2, 0.25) is 0 Å². The summed E-state index contributed by atoms with van der Waals surface area (Å²) in [5, 5.41) is 9.79. The quantitative estimate of drug-likeness (QED) is 0.838. The molecule has 1 aromatic carbocycles. The highest BCUT2D eigenvalue weighted by atomic mass is 32.2. The van der Waals surface area contributed by atoms with Gasteiger partial charge in [0.25, 0.3) is 0 Å². The van der Waals surface area contributed by atoms with E-state index in [-0.39, 0.29) is 22.9 Å². The number of aliphatic hydroxyl groups is 1. The van der Waals surface area contributed by atoms with Gasteiger partial charge >= 0.3 is 0 Å². The van der Waals surface area contributed by atoms with Crippen LogP contribution in [0.3, 0.4) is 0 Å². The van der Waals surface area contributed by atoms with Gasteiger partial charge in [0.15, 0.2) is 5.12 Å². The van der Waals surface area contributed by atoms with Crippen LogP contribution in [0.4, 0.5) is 0 Å². The third-order valence-electron chi connectivity index (χ3n) is 2.56. The molecule has 0 unspecified atom stereocenters. The summed E-state index contributed by atoms with van der Waals surface area (Å²) in [7, 11) is 1.62. The first kappa shape index (κ1) is 18.0. The van der Waals surface area contributed by atoms with Crippen LogP contribution in [0, 0.1) is 0 Å². The van der Waals surface area contributed by atoms with Crippen LogP contribution in [-0.2, 0) is 16.1 Å². The van der Waals surface area contributed by atoms with Crippen molar-refractivity contribution in [3.63, 3.8) is 0 Å². The molecule has 0 aromatic heterocycles. The van der Waals surface area contributed by atoms with Crippen LogP contribution in [0.1, 0.15) is 32.8 Å². The first-order chi connectivity index (χ1) is 9.80. The monoisotopic (exact) mass is 312 g/mol. The molecule has 0 spiro atoms. The average Bonchev–Trinajstić information content (AvgIpc) is 2.37. The zero-order valence-corrected chi connectivity index (χ0v) is 13.9. The summed E-state index contributed by atoms with van der Waals surface area (Å²) in [6.45, 7) is 6.48. The fourth-order valence-corrected chi connectivity index (χ4v) is 2.63. The molecule has 0 heterocycles. The summed E-state index contributed by atoms with van der Waals surface area (Å²) in [5.41, 5.74) is 0.999.